The first-order valence-corrected chi connectivity index (χ1v) is 12.3. The van der Waals surface area contributed by atoms with E-state index in [1.807, 2.05) is 24.3 Å². The van der Waals surface area contributed by atoms with E-state index in [0.29, 0.717) is 15.7 Å². The molecule has 1 aliphatic rings. The van der Waals surface area contributed by atoms with Crippen LogP contribution in [0.1, 0.15) is 43.7 Å². The summed E-state index contributed by atoms with van der Waals surface area (Å²) >= 11 is 7.34. The summed E-state index contributed by atoms with van der Waals surface area (Å²) in [6.45, 7) is 0. The van der Waals surface area contributed by atoms with Gasteiger partial charge in [0.15, 0.2) is 11.0 Å². The Bertz CT molecular complexity index is 1190. The van der Waals surface area contributed by atoms with Gasteiger partial charge in [0.2, 0.25) is 0 Å². The monoisotopic (exact) mass is 498 g/mol. The lowest BCUT2D eigenvalue weighted by Crippen LogP contribution is -2.21. The van der Waals surface area contributed by atoms with E-state index in [0.717, 1.165) is 37.1 Å². The fraction of sp³-hybridized carbons (Fsp3) is 0.304. The average molecular weight is 499 g/mol. The number of aromatic nitrogens is 3. The molecule has 0 spiro atoms. The highest BCUT2D eigenvalue weighted by atomic mass is 35.5. The highest BCUT2D eigenvalue weighted by molar-refractivity contribution is 7.99. The maximum Gasteiger partial charge on any atom is 0.278 e. The number of nitro benzene ring substituents is 1. The van der Waals surface area contributed by atoms with Crippen molar-refractivity contribution in [2.75, 3.05) is 5.75 Å². The van der Waals surface area contributed by atoms with E-state index in [9.17, 15) is 14.9 Å². The van der Waals surface area contributed by atoms with Crippen LogP contribution in [0, 0.1) is 10.1 Å². The van der Waals surface area contributed by atoms with E-state index in [-0.39, 0.29) is 23.4 Å². The molecule has 9 nitrogen and oxygen atoms in total. The lowest BCUT2D eigenvalue weighted by molar-refractivity contribution is -0.385. The Morgan fingerprint density at radius 2 is 1.91 bits per heavy atom. The number of thioether (sulfide) groups is 1. The molecule has 4 rings (SSSR count). The zero-order chi connectivity index (χ0) is 23.9. The van der Waals surface area contributed by atoms with Gasteiger partial charge in [0.25, 0.3) is 11.6 Å². The normalized spacial score (nSPS) is 14.4. The van der Waals surface area contributed by atoms with Crippen molar-refractivity contribution in [2.45, 2.75) is 43.3 Å². The van der Waals surface area contributed by atoms with Crippen LogP contribution in [0.25, 0.3) is 11.4 Å². The van der Waals surface area contributed by atoms with Crippen molar-refractivity contribution >= 4 is 41.2 Å². The summed E-state index contributed by atoms with van der Waals surface area (Å²) in [5.41, 5.74) is 3.58. The summed E-state index contributed by atoms with van der Waals surface area (Å²) < 4.78 is 2.14. The summed E-state index contributed by atoms with van der Waals surface area (Å²) in [7, 11) is 0. The maximum absolute atomic E-state index is 12.4. The molecule has 1 aromatic heterocycles. The molecule has 0 bridgehead atoms. The van der Waals surface area contributed by atoms with Crippen molar-refractivity contribution in [1.82, 2.24) is 20.2 Å². The molecule has 3 aromatic rings. The van der Waals surface area contributed by atoms with Crippen LogP contribution in [0.2, 0.25) is 5.02 Å². The predicted octanol–water partition coefficient (Wildman–Crippen LogP) is 5.25. The Hall–Kier alpha value is -3.24. The number of hydrazone groups is 1. The number of nitrogens with one attached hydrogen (secondary N) is 1. The number of nitro groups is 1. The quantitative estimate of drug-likeness (QED) is 0.196. The molecule has 1 saturated carbocycles. The first kappa shape index (κ1) is 23.9. The molecule has 176 valence electrons. The average Bonchev–Trinajstić information content (AvgIpc) is 3.28. The fourth-order valence-corrected chi connectivity index (χ4v) is 4.86. The lowest BCUT2D eigenvalue weighted by atomic mass is 9.95. The number of benzene rings is 2. The second-order valence-electron chi connectivity index (χ2n) is 7.87. The van der Waals surface area contributed by atoms with Crippen LogP contribution in [0.3, 0.4) is 0 Å². The van der Waals surface area contributed by atoms with Crippen LogP contribution >= 0.6 is 23.4 Å². The minimum absolute atomic E-state index is 0.0785. The molecule has 0 saturated heterocycles. The second-order valence-corrected chi connectivity index (χ2v) is 9.25. The van der Waals surface area contributed by atoms with Crippen LogP contribution in [-0.4, -0.2) is 37.6 Å². The third-order valence-corrected chi connectivity index (χ3v) is 6.76. The standard InChI is InChI=1S/C23H23ClN6O3S/c24-18-12-10-16(11-13-18)22-27-28-23(29(22)19-7-2-1-3-8-19)34-15-21(31)26-25-14-17-6-4-5-9-20(17)30(32)33/h4-6,9-14,19H,1-3,7-8,15H2,(H,26,31). The molecule has 1 amide bonds. The van der Waals surface area contributed by atoms with Gasteiger partial charge in [-0.15, -0.1) is 10.2 Å². The van der Waals surface area contributed by atoms with Crippen molar-refractivity contribution in [3.05, 3.63) is 69.2 Å². The number of carbonyl (C=O) groups excluding carboxylic acids is 1. The minimum Gasteiger partial charge on any atom is -0.299 e. The number of rotatable bonds is 8. The van der Waals surface area contributed by atoms with Crippen molar-refractivity contribution < 1.29 is 9.72 Å². The second kappa shape index (κ2) is 11.3. The summed E-state index contributed by atoms with van der Waals surface area (Å²) in [6.07, 6.45) is 6.86. The Labute approximate surface area is 205 Å². The Kier molecular flexibility index (Phi) is 7.91. The van der Waals surface area contributed by atoms with Crippen LogP contribution in [0.5, 0.6) is 0 Å². The molecular formula is C23H23ClN6O3S. The van der Waals surface area contributed by atoms with Gasteiger partial charge in [0.1, 0.15) is 0 Å². The Morgan fingerprint density at radius 3 is 2.65 bits per heavy atom. The topological polar surface area (TPSA) is 115 Å². The van der Waals surface area contributed by atoms with Gasteiger partial charge in [-0.3, -0.25) is 19.5 Å². The Morgan fingerprint density at radius 1 is 1.18 bits per heavy atom. The van der Waals surface area contributed by atoms with Crippen LogP contribution in [0.4, 0.5) is 5.69 Å². The first-order chi connectivity index (χ1) is 16.5. The van der Waals surface area contributed by atoms with Gasteiger partial charge < -0.3 is 0 Å². The van der Waals surface area contributed by atoms with E-state index in [1.54, 1.807) is 18.2 Å². The zero-order valence-electron chi connectivity index (χ0n) is 18.3. The minimum atomic E-state index is -0.491. The van der Waals surface area contributed by atoms with Crippen molar-refractivity contribution in [3.8, 4) is 11.4 Å². The van der Waals surface area contributed by atoms with Gasteiger partial charge in [-0.25, -0.2) is 5.43 Å². The molecule has 0 radical (unpaired) electrons. The SMILES string of the molecule is O=C(CSc1nnc(-c2ccc(Cl)cc2)n1C1CCCCC1)NN=Cc1ccccc1[N+](=O)[O-]. The summed E-state index contributed by atoms with van der Waals surface area (Å²) in [6, 6.07) is 14.0. The van der Waals surface area contributed by atoms with E-state index < -0.39 is 4.92 Å². The third-order valence-electron chi connectivity index (χ3n) is 5.57. The van der Waals surface area contributed by atoms with Crippen LogP contribution in [0.15, 0.2) is 58.8 Å². The van der Waals surface area contributed by atoms with E-state index in [1.165, 1.54) is 30.5 Å². The maximum atomic E-state index is 12.4. The van der Waals surface area contributed by atoms with Gasteiger partial charge in [0, 0.05) is 22.7 Å². The van der Waals surface area contributed by atoms with E-state index >= 15 is 0 Å². The smallest absolute Gasteiger partial charge is 0.278 e. The van der Waals surface area contributed by atoms with Crippen LogP contribution < -0.4 is 5.43 Å². The number of carbonyl (C=O) groups is 1. The molecule has 1 fully saturated rings. The lowest BCUT2D eigenvalue weighted by Gasteiger charge is -2.25. The molecular weight excluding hydrogens is 476 g/mol. The highest BCUT2D eigenvalue weighted by Gasteiger charge is 2.24. The van der Waals surface area contributed by atoms with Crippen LogP contribution in [-0.2, 0) is 4.79 Å². The van der Waals surface area contributed by atoms with E-state index in [4.69, 9.17) is 11.6 Å². The van der Waals surface area contributed by atoms with Crippen molar-refractivity contribution in [1.29, 1.82) is 0 Å². The van der Waals surface area contributed by atoms with Gasteiger partial charge in [-0.2, -0.15) is 5.10 Å². The van der Waals surface area contributed by atoms with Gasteiger partial charge in [-0.1, -0.05) is 54.8 Å². The number of amides is 1. The van der Waals surface area contributed by atoms with Gasteiger partial charge in [-0.05, 0) is 43.2 Å². The first-order valence-electron chi connectivity index (χ1n) is 10.9. The highest BCUT2D eigenvalue weighted by Crippen LogP contribution is 2.35. The Balaban J connectivity index is 1.45. The van der Waals surface area contributed by atoms with Crippen molar-refractivity contribution in [2.24, 2.45) is 5.10 Å². The molecule has 11 heteroatoms. The number of nitrogens with zero attached hydrogens (tertiary/aromatic N) is 5. The summed E-state index contributed by atoms with van der Waals surface area (Å²) in [4.78, 5) is 23.0. The molecule has 1 heterocycles. The molecule has 0 aliphatic heterocycles. The van der Waals surface area contributed by atoms with Gasteiger partial charge >= 0.3 is 0 Å². The number of halogens is 1. The third kappa shape index (κ3) is 5.81. The summed E-state index contributed by atoms with van der Waals surface area (Å²) in [5, 5.41) is 25.1. The molecule has 0 unspecified atom stereocenters. The van der Waals surface area contributed by atoms with E-state index in [2.05, 4.69) is 25.3 Å². The van der Waals surface area contributed by atoms with Gasteiger partial charge in [0.05, 0.1) is 22.5 Å². The molecule has 1 aliphatic carbocycles. The number of hydrogen-bond acceptors (Lipinski definition) is 7. The largest absolute Gasteiger partial charge is 0.299 e. The molecule has 2 aromatic carbocycles. The molecule has 0 atom stereocenters. The number of para-hydroxylation sites is 1. The summed E-state index contributed by atoms with van der Waals surface area (Å²) in [5.74, 6) is 0.506. The number of hydrogen-bond donors (Lipinski definition) is 1. The van der Waals surface area contributed by atoms with Crippen molar-refractivity contribution in [3.63, 3.8) is 0 Å². The predicted molar refractivity (Wildman–Crippen MR) is 132 cm³/mol. The molecule has 34 heavy (non-hydrogen) atoms. The fourth-order valence-electron chi connectivity index (χ4n) is 3.94. The zero-order valence-corrected chi connectivity index (χ0v) is 19.8. The molecule has 1 N–H and O–H groups in total.